The van der Waals surface area contributed by atoms with E-state index in [1.54, 1.807) is 0 Å². The van der Waals surface area contributed by atoms with Gasteiger partial charge in [0, 0.05) is 18.8 Å². The van der Waals surface area contributed by atoms with Gasteiger partial charge in [0.2, 0.25) is 0 Å². The summed E-state index contributed by atoms with van der Waals surface area (Å²) in [5, 5.41) is 3.56. The molecule has 2 aromatic rings. The van der Waals surface area contributed by atoms with Crippen LogP contribution in [-0.4, -0.2) is 13.6 Å². The molecule has 0 spiro atoms. The second-order valence-electron chi connectivity index (χ2n) is 5.60. The number of rotatable bonds is 7. The van der Waals surface area contributed by atoms with Crippen LogP contribution >= 0.6 is 0 Å². The molecule has 0 aliphatic rings. The lowest BCUT2D eigenvalue weighted by Crippen LogP contribution is -2.23. The number of benzene rings is 1. The number of hydrogen-bond donors (Lipinski definition) is 1. The molecule has 1 aromatic heterocycles. The Morgan fingerprint density at radius 3 is 2.62 bits per heavy atom. The van der Waals surface area contributed by atoms with E-state index in [9.17, 15) is 0 Å². The van der Waals surface area contributed by atoms with Gasteiger partial charge in [-0.1, -0.05) is 25.1 Å². The van der Waals surface area contributed by atoms with Crippen molar-refractivity contribution in [2.45, 2.75) is 39.8 Å². The minimum absolute atomic E-state index is 0.349. The monoisotopic (exact) mass is 286 g/mol. The molecule has 0 aliphatic heterocycles. The molecule has 0 saturated carbocycles. The number of nitrogens with one attached hydrogen (secondary N) is 1. The van der Waals surface area contributed by atoms with Crippen LogP contribution in [0.2, 0.25) is 0 Å². The van der Waals surface area contributed by atoms with Crippen LogP contribution in [0.4, 0.5) is 5.69 Å². The third-order valence-corrected chi connectivity index (χ3v) is 3.70. The molecule has 3 heteroatoms. The van der Waals surface area contributed by atoms with Gasteiger partial charge in [0.25, 0.3) is 0 Å². The van der Waals surface area contributed by atoms with Crippen molar-refractivity contribution in [1.82, 2.24) is 5.32 Å². The van der Waals surface area contributed by atoms with Crippen LogP contribution < -0.4 is 10.2 Å². The molecule has 0 saturated heterocycles. The summed E-state index contributed by atoms with van der Waals surface area (Å²) in [4.78, 5) is 2.25. The van der Waals surface area contributed by atoms with E-state index in [1.165, 1.54) is 11.3 Å². The molecule has 0 aliphatic carbocycles. The van der Waals surface area contributed by atoms with E-state index in [0.29, 0.717) is 6.04 Å². The Kier molecular flexibility index (Phi) is 5.45. The van der Waals surface area contributed by atoms with Gasteiger partial charge < -0.3 is 14.6 Å². The first-order chi connectivity index (χ1) is 10.1. The van der Waals surface area contributed by atoms with Crippen molar-refractivity contribution in [2.24, 2.45) is 0 Å². The van der Waals surface area contributed by atoms with Gasteiger partial charge in [-0.15, -0.1) is 0 Å². The number of nitrogens with zero attached hydrogens (tertiary/aromatic N) is 1. The molecule has 0 amide bonds. The molecular formula is C18H26N2O. The maximum Gasteiger partial charge on any atom is 0.123 e. The van der Waals surface area contributed by atoms with Crippen LogP contribution in [0.5, 0.6) is 0 Å². The summed E-state index contributed by atoms with van der Waals surface area (Å²) >= 11 is 0. The fourth-order valence-electron chi connectivity index (χ4n) is 2.56. The lowest BCUT2D eigenvalue weighted by molar-refractivity contribution is 0.481. The predicted octanol–water partition coefficient (Wildman–Crippen LogP) is 4.29. The SMILES string of the molecule is CCCNC(C)c1ccccc1N(C)Cc1ccc(C)o1. The van der Waals surface area contributed by atoms with Gasteiger partial charge in [0.05, 0.1) is 6.54 Å². The van der Waals surface area contributed by atoms with Crippen LogP contribution in [-0.2, 0) is 6.54 Å². The molecule has 0 fully saturated rings. The molecular weight excluding hydrogens is 260 g/mol. The normalized spacial score (nSPS) is 12.4. The Morgan fingerprint density at radius 1 is 1.19 bits per heavy atom. The average Bonchev–Trinajstić information content (AvgIpc) is 2.89. The molecule has 1 unspecified atom stereocenters. The van der Waals surface area contributed by atoms with Crippen molar-refractivity contribution in [3.63, 3.8) is 0 Å². The number of aryl methyl sites for hydroxylation is 1. The minimum atomic E-state index is 0.349. The van der Waals surface area contributed by atoms with Crippen LogP contribution in [0.15, 0.2) is 40.8 Å². The quantitative estimate of drug-likeness (QED) is 0.823. The van der Waals surface area contributed by atoms with Crippen LogP contribution in [0.3, 0.4) is 0 Å². The van der Waals surface area contributed by atoms with E-state index in [-0.39, 0.29) is 0 Å². The second kappa shape index (κ2) is 7.32. The molecule has 1 atom stereocenters. The fourth-order valence-corrected chi connectivity index (χ4v) is 2.56. The summed E-state index contributed by atoms with van der Waals surface area (Å²) in [7, 11) is 2.11. The van der Waals surface area contributed by atoms with Crippen molar-refractivity contribution in [1.29, 1.82) is 0 Å². The average molecular weight is 286 g/mol. The standard InChI is InChI=1S/C18H26N2O/c1-5-12-19-15(3)17-8-6-7-9-18(17)20(4)13-16-11-10-14(2)21-16/h6-11,15,19H,5,12-13H2,1-4H3. The minimum Gasteiger partial charge on any atom is -0.464 e. The highest BCUT2D eigenvalue weighted by Crippen LogP contribution is 2.26. The van der Waals surface area contributed by atoms with Gasteiger partial charge in [-0.3, -0.25) is 0 Å². The highest BCUT2D eigenvalue weighted by molar-refractivity contribution is 5.54. The first kappa shape index (κ1) is 15.6. The fraction of sp³-hybridized carbons (Fsp3) is 0.444. The number of furan rings is 1. The topological polar surface area (TPSA) is 28.4 Å². The Morgan fingerprint density at radius 2 is 1.95 bits per heavy atom. The summed E-state index contributed by atoms with van der Waals surface area (Å²) in [6.07, 6.45) is 1.15. The largest absolute Gasteiger partial charge is 0.464 e. The van der Waals surface area contributed by atoms with E-state index in [4.69, 9.17) is 4.42 Å². The first-order valence-corrected chi connectivity index (χ1v) is 7.70. The van der Waals surface area contributed by atoms with Gasteiger partial charge in [0.1, 0.15) is 11.5 Å². The van der Waals surface area contributed by atoms with Crippen LogP contribution in [0, 0.1) is 6.92 Å². The molecule has 114 valence electrons. The van der Waals surface area contributed by atoms with Gasteiger partial charge >= 0.3 is 0 Å². The lowest BCUT2D eigenvalue weighted by atomic mass is 10.0. The highest BCUT2D eigenvalue weighted by atomic mass is 16.3. The van der Waals surface area contributed by atoms with Crippen molar-refractivity contribution in [2.75, 3.05) is 18.5 Å². The summed E-state index contributed by atoms with van der Waals surface area (Å²) in [6.45, 7) is 8.21. The number of para-hydroxylation sites is 1. The van der Waals surface area contributed by atoms with E-state index in [1.807, 2.05) is 19.1 Å². The highest BCUT2D eigenvalue weighted by Gasteiger charge is 2.13. The van der Waals surface area contributed by atoms with Crippen molar-refractivity contribution in [3.8, 4) is 0 Å². The third-order valence-electron chi connectivity index (χ3n) is 3.70. The molecule has 1 N–H and O–H groups in total. The smallest absolute Gasteiger partial charge is 0.123 e. The maximum atomic E-state index is 5.68. The van der Waals surface area contributed by atoms with Gasteiger partial charge in [-0.25, -0.2) is 0 Å². The lowest BCUT2D eigenvalue weighted by Gasteiger charge is -2.25. The zero-order valence-corrected chi connectivity index (χ0v) is 13.5. The van der Waals surface area contributed by atoms with Crippen molar-refractivity contribution >= 4 is 5.69 Å². The first-order valence-electron chi connectivity index (χ1n) is 7.70. The van der Waals surface area contributed by atoms with Gasteiger partial charge in [-0.05, 0) is 50.6 Å². The second-order valence-corrected chi connectivity index (χ2v) is 5.60. The summed E-state index contributed by atoms with van der Waals surface area (Å²) < 4.78 is 5.68. The number of hydrogen-bond acceptors (Lipinski definition) is 3. The van der Waals surface area contributed by atoms with Crippen LogP contribution in [0.25, 0.3) is 0 Å². The van der Waals surface area contributed by atoms with Gasteiger partial charge in [-0.2, -0.15) is 0 Å². The third kappa shape index (κ3) is 4.11. The van der Waals surface area contributed by atoms with E-state index < -0.39 is 0 Å². The van der Waals surface area contributed by atoms with Crippen LogP contribution in [0.1, 0.15) is 43.4 Å². The van der Waals surface area contributed by atoms with E-state index in [0.717, 1.165) is 31.0 Å². The summed E-state index contributed by atoms with van der Waals surface area (Å²) in [6, 6.07) is 13.0. The maximum absolute atomic E-state index is 5.68. The van der Waals surface area contributed by atoms with Gasteiger partial charge in [0.15, 0.2) is 0 Å². The molecule has 3 nitrogen and oxygen atoms in total. The zero-order valence-electron chi connectivity index (χ0n) is 13.5. The Bertz CT molecular complexity index is 562. The molecule has 1 aromatic carbocycles. The molecule has 0 bridgehead atoms. The summed E-state index contributed by atoms with van der Waals surface area (Å²) in [5.74, 6) is 1.96. The van der Waals surface area contributed by atoms with E-state index in [2.05, 4.69) is 55.4 Å². The molecule has 1 heterocycles. The van der Waals surface area contributed by atoms with E-state index >= 15 is 0 Å². The Labute approximate surface area is 128 Å². The Hall–Kier alpha value is -1.74. The summed E-state index contributed by atoms with van der Waals surface area (Å²) in [5.41, 5.74) is 2.58. The molecule has 21 heavy (non-hydrogen) atoms. The molecule has 0 radical (unpaired) electrons. The van der Waals surface area contributed by atoms with Crippen molar-refractivity contribution in [3.05, 3.63) is 53.5 Å². The Balaban J connectivity index is 2.14. The molecule has 2 rings (SSSR count). The van der Waals surface area contributed by atoms with Crippen molar-refractivity contribution < 1.29 is 4.42 Å². The zero-order chi connectivity index (χ0) is 15.2. The predicted molar refractivity (Wildman–Crippen MR) is 88.7 cm³/mol. The number of anilines is 1.